The standard InChI is InChI=1S/C13H17F2NO3/c1-13(2,18)8-16(3)12(17)7-19-11-5-4-9(14)6-10(11)15/h4-6,18H,7-8H2,1-3H3. The molecule has 0 spiro atoms. The molecule has 6 heteroatoms. The average Bonchev–Trinajstić information content (AvgIpc) is 2.25. The van der Waals surface area contributed by atoms with Crippen LogP contribution in [0, 0.1) is 11.6 Å². The van der Waals surface area contributed by atoms with E-state index < -0.39 is 23.1 Å². The van der Waals surface area contributed by atoms with Gasteiger partial charge in [0.25, 0.3) is 5.91 Å². The van der Waals surface area contributed by atoms with Crippen LogP contribution in [0.2, 0.25) is 0 Å². The van der Waals surface area contributed by atoms with Crippen molar-refractivity contribution in [3.05, 3.63) is 29.8 Å². The van der Waals surface area contributed by atoms with Crippen molar-refractivity contribution in [2.24, 2.45) is 0 Å². The van der Waals surface area contributed by atoms with Crippen molar-refractivity contribution >= 4 is 5.91 Å². The Morgan fingerprint density at radius 2 is 2.05 bits per heavy atom. The summed E-state index contributed by atoms with van der Waals surface area (Å²) in [5.41, 5.74) is -1.02. The molecule has 106 valence electrons. The third-order valence-corrected chi connectivity index (χ3v) is 2.29. The predicted octanol–water partition coefficient (Wildman–Crippen LogP) is 1.57. The highest BCUT2D eigenvalue weighted by Gasteiger charge is 2.19. The van der Waals surface area contributed by atoms with Crippen LogP contribution in [0.1, 0.15) is 13.8 Å². The van der Waals surface area contributed by atoms with Crippen LogP contribution in [-0.4, -0.2) is 41.7 Å². The van der Waals surface area contributed by atoms with Gasteiger partial charge in [-0.1, -0.05) is 0 Å². The second-order valence-corrected chi connectivity index (χ2v) is 4.93. The van der Waals surface area contributed by atoms with E-state index in [1.165, 1.54) is 11.9 Å². The molecule has 19 heavy (non-hydrogen) atoms. The number of aliphatic hydroxyl groups is 1. The molecule has 1 aromatic carbocycles. The van der Waals surface area contributed by atoms with Gasteiger partial charge in [-0.05, 0) is 26.0 Å². The number of benzene rings is 1. The highest BCUT2D eigenvalue weighted by Crippen LogP contribution is 2.17. The lowest BCUT2D eigenvalue weighted by Crippen LogP contribution is -2.41. The average molecular weight is 273 g/mol. The maximum atomic E-state index is 13.2. The number of ether oxygens (including phenoxy) is 1. The minimum absolute atomic E-state index is 0.126. The maximum Gasteiger partial charge on any atom is 0.260 e. The molecule has 1 N–H and O–H groups in total. The second kappa shape index (κ2) is 5.97. The van der Waals surface area contributed by atoms with Crippen LogP contribution in [0.4, 0.5) is 8.78 Å². The predicted molar refractivity (Wildman–Crippen MR) is 65.8 cm³/mol. The summed E-state index contributed by atoms with van der Waals surface area (Å²) in [6.45, 7) is 2.88. The molecule has 1 aromatic rings. The number of halogens is 2. The smallest absolute Gasteiger partial charge is 0.260 e. The van der Waals surface area contributed by atoms with Crippen molar-refractivity contribution in [3.63, 3.8) is 0 Å². The SMILES string of the molecule is CN(CC(C)(C)O)C(=O)COc1ccc(F)cc1F. The van der Waals surface area contributed by atoms with Crippen LogP contribution in [0.3, 0.4) is 0 Å². The van der Waals surface area contributed by atoms with Gasteiger partial charge in [-0.2, -0.15) is 0 Å². The van der Waals surface area contributed by atoms with Gasteiger partial charge >= 0.3 is 0 Å². The number of amides is 1. The number of nitrogens with zero attached hydrogens (tertiary/aromatic N) is 1. The lowest BCUT2D eigenvalue weighted by molar-refractivity contribution is -0.134. The minimum Gasteiger partial charge on any atom is -0.481 e. The highest BCUT2D eigenvalue weighted by atomic mass is 19.1. The first kappa shape index (κ1) is 15.4. The van der Waals surface area contributed by atoms with Crippen LogP contribution >= 0.6 is 0 Å². The van der Waals surface area contributed by atoms with Crippen molar-refractivity contribution in [3.8, 4) is 5.75 Å². The van der Waals surface area contributed by atoms with Crippen molar-refractivity contribution in [2.75, 3.05) is 20.2 Å². The van der Waals surface area contributed by atoms with E-state index in [-0.39, 0.29) is 18.9 Å². The molecule has 0 heterocycles. The van der Waals surface area contributed by atoms with Gasteiger partial charge in [-0.3, -0.25) is 4.79 Å². The molecule has 0 aromatic heterocycles. The van der Waals surface area contributed by atoms with Crippen LogP contribution in [0.25, 0.3) is 0 Å². The third kappa shape index (κ3) is 5.21. The number of carbonyl (C=O) groups excluding carboxylic acids is 1. The molecule has 0 saturated heterocycles. The summed E-state index contributed by atoms with van der Waals surface area (Å²) in [4.78, 5) is 12.9. The quantitative estimate of drug-likeness (QED) is 0.886. The molecule has 0 aliphatic carbocycles. The molecule has 1 rings (SSSR count). The first-order chi connectivity index (χ1) is 8.69. The van der Waals surface area contributed by atoms with E-state index in [1.54, 1.807) is 13.8 Å². The monoisotopic (exact) mass is 273 g/mol. The van der Waals surface area contributed by atoms with E-state index >= 15 is 0 Å². The van der Waals surface area contributed by atoms with Crippen LogP contribution < -0.4 is 4.74 Å². The van der Waals surface area contributed by atoms with E-state index in [0.29, 0.717) is 6.07 Å². The van der Waals surface area contributed by atoms with Crippen LogP contribution in [0.5, 0.6) is 5.75 Å². The van der Waals surface area contributed by atoms with Gasteiger partial charge in [-0.15, -0.1) is 0 Å². The molecule has 0 saturated carbocycles. The summed E-state index contributed by atoms with van der Waals surface area (Å²) < 4.78 is 30.9. The van der Waals surface area contributed by atoms with Crippen LogP contribution in [-0.2, 0) is 4.79 Å². The van der Waals surface area contributed by atoms with Gasteiger partial charge in [-0.25, -0.2) is 8.78 Å². The zero-order valence-corrected chi connectivity index (χ0v) is 11.1. The minimum atomic E-state index is -1.02. The number of hydrogen-bond acceptors (Lipinski definition) is 3. The summed E-state index contributed by atoms with van der Waals surface area (Å²) in [5, 5.41) is 9.56. The molecule has 0 radical (unpaired) electrons. The van der Waals surface area contributed by atoms with Crippen molar-refractivity contribution in [1.82, 2.24) is 4.90 Å². The topological polar surface area (TPSA) is 49.8 Å². The van der Waals surface area contributed by atoms with Crippen LogP contribution in [0.15, 0.2) is 18.2 Å². The van der Waals surface area contributed by atoms with E-state index in [1.807, 2.05) is 0 Å². The van der Waals surface area contributed by atoms with E-state index in [4.69, 9.17) is 4.74 Å². The molecule has 0 bridgehead atoms. The largest absolute Gasteiger partial charge is 0.481 e. The Morgan fingerprint density at radius 1 is 1.42 bits per heavy atom. The first-order valence-electron chi connectivity index (χ1n) is 5.73. The molecule has 0 atom stereocenters. The maximum absolute atomic E-state index is 13.2. The zero-order valence-electron chi connectivity index (χ0n) is 11.1. The van der Waals surface area contributed by atoms with Crippen molar-refractivity contribution in [1.29, 1.82) is 0 Å². The van der Waals surface area contributed by atoms with Gasteiger partial charge in [0, 0.05) is 19.7 Å². The van der Waals surface area contributed by atoms with E-state index in [2.05, 4.69) is 0 Å². The van der Waals surface area contributed by atoms with Gasteiger partial charge in [0.05, 0.1) is 5.60 Å². The fourth-order valence-corrected chi connectivity index (χ4v) is 1.51. The Morgan fingerprint density at radius 3 is 2.58 bits per heavy atom. The zero-order chi connectivity index (χ0) is 14.6. The van der Waals surface area contributed by atoms with Gasteiger partial charge in [0.2, 0.25) is 0 Å². The summed E-state index contributed by atoms with van der Waals surface area (Å²) >= 11 is 0. The fourth-order valence-electron chi connectivity index (χ4n) is 1.51. The Balaban J connectivity index is 2.54. The number of hydrogen-bond donors (Lipinski definition) is 1. The molecule has 0 unspecified atom stereocenters. The molecule has 1 amide bonds. The highest BCUT2D eigenvalue weighted by molar-refractivity contribution is 5.77. The lowest BCUT2D eigenvalue weighted by Gasteiger charge is -2.25. The number of carbonyl (C=O) groups is 1. The Bertz CT molecular complexity index is 458. The Labute approximate surface area is 110 Å². The number of likely N-dealkylation sites (N-methyl/N-ethyl adjacent to an activating group) is 1. The summed E-state index contributed by atoms with van der Waals surface area (Å²) in [6.07, 6.45) is 0. The van der Waals surface area contributed by atoms with Crippen molar-refractivity contribution < 1.29 is 23.4 Å². The van der Waals surface area contributed by atoms with Crippen molar-refractivity contribution in [2.45, 2.75) is 19.4 Å². The molecular weight excluding hydrogens is 256 g/mol. The molecule has 0 aliphatic heterocycles. The summed E-state index contributed by atoms with van der Waals surface area (Å²) in [7, 11) is 1.50. The van der Waals surface area contributed by atoms with Gasteiger partial charge in [0.15, 0.2) is 18.2 Å². The van der Waals surface area contributed by atoms with E-state index in [0.717, 1.165) is 12.1 Å². The summed E-state index contributed by atoms with van der Waals surface area (Å²) in [5.74, 6) is -2.18. The molecule has 4 nitrogen and oxygen atoms in total. The van der Waals surface area contributed by atoms with E-state index in [9.17, 15) is 18.7 Å². The second-order valence-electron chi connectivity index (χ2n) is 4.93. The lowest BCUT2D eigenvalue weighted by atomic mass is 10.1. The normalized spacial score (nSPS) is 11.3. The summed E-state index contributed by atoms with van der Waals surface area (Å²) in [6, 6.07) is 2.84. The Hall–Kier alpha value is -1.69. The third-order valence-electron chi connectivity index (χ3n) is 2.29. The number of rotatable bonds is 5. The fraction of sp³-hybridized carbons (Fsp3) is 0.462. The molecule has 0 aliphatic rings. The molecule has 0 fully saturated rings. The molecular formula is C13H17F2NO3. The van der Waals surface area contributed by atoms with Gasteiger partial charge < -0.3 is 14.7 Å². The first-order valence-corrected chi connectivity index (χ1v) is 5.73. The Kier molecular flexibility index (Phi) is 4.83. The van der Waals surface area contributed by atoms with Gasteiger partial charge in [0.1, 0.15) is 5.82 Å².